The molecule has 1 aromatic heterocycles. The molecule has 0 saturated carbocycles. The SMILES string of the molecule is O=C(O)c1cc(Cl)cc(NC(=O)c2cc(Cl)ncc2Cl)c1. The molecule has 21 heavy (non-hydrogen) atoms. The number of carbonyl (C=O) groups excluding carboxylic acids is 1. The van der Waals surface area contributed by atoms with Gasteiger partial charge in [0, 0.05) is 16.9 Å². The fourth-order valence-corrected chi connectivity index (χ4v) is 2.15. The number of aromatic carboxylic acids is 1. The van der Waals surface area contributed by atoms with E-state index in [2.05, 4.69) is 10.3 Å². The third-order valence-corrected chi connectivity index (χ3v) is 3.20. The lowest BCUT2D eigenvalue weighted by Gasteiger charge is -2.08. The highest BCUT2D eigenvalue weighted by Gasteiger charge is 2.14. The minimum atomic E-state index is -1.15. The second kappa shape index (κ2) is 6.30. The average Bonchev–Trinajstić information content (AvgIpc) is 2.40. The molecule has 0 spiro atoms. The Morgan fingerprint density at radius 3 is 2.48 bits per heavy atom. The van der Waals surface area contributed by atoms with Gasteiger partial charge in [-0.15, -0.1) is 0 Å². The lowest BCUT2D eigenvalue weighted by molar-refractivity contribution is 0.0696. The summed E-state index contributed by atoms with van der Waals surface area (Å²) in [7, 11) is 0. The van der Waals surface area contributed by atoms with Gasteiger partial charge in [0.1, 0.15) is 5.15 Å². The maximum atomic E-state index is 12.1. The number of carbonyl (C=O) groups is 2. The molecular weight excluding hydrogens is 339 g/mol. The average molecular weight is 346 g/mol. The molecule has 0 saturated heterocycles. The van der Waals surface area contributed by atoms with Crippen LogP contribution in [0.5, 0.6) is 0 Å². The predicted molar refractivity (Wildman–Crippen MR) is 80.6 cm³/mol. The van der Waals surface area contributed by atoms with Gasteiger partial charge < -0.3 is 10.4 Å². The van der Waals surface area contributed by atoms with Crippen molar-refractivity contribution in [1.82, 2.24) is 4.98 Å². The molecule has 0 aliphatic carbocycles. The highest BCUT2D eigenvalue weighted by molar-refractivity contribution is 6.35. The van der Waals surface area contributed by atoms with E-state index in [1.807, 2.05) is 0 Å². The van der Waals surface area contributed by atoms with Gasteiger partial charge in [0.2, 0.25) is 0 Å². The largest absolute Gasteiger partial charge is 0.478 e. The molecule has 0 fully saturated rings. The Bertz CT molecular complexity index is 735. The first-order valence-corrected chi connectivity index (χ1v) is 6.66. The van der Waals surface area contributed by atoms with Crippen molar-refractivity contribution in [2.45, 2.75) is 0 Å². The van der Waals surface area contributed by atoms with E-state index in [0.29, 0.717) is 0 Å². The number of pyridine rings is 1. The van der Waals surface area contributed by atoms with Gasteiger partial charge in [0.05, 0.1) is 16.1 Å². The van der Waals surface area contributed by atoms with Gasteiger partial charge >= 0.3 is 5.97 Å². The molecule has 8 heteroatoms. The summed E-state index contributed by atoms with van der Waals surface area (Å²) in [5, 5.41) is 11.9. The van der Waals surface area contributed by atoms with Crippen LogP contribution in [0, 0.1) is 0 Å². The summed E-state index contributed by atoms with van der Waals surface area (Å²) in [6, 6.07) is 5.28. The lowest BCUT2D eigenvalue weighted by atomic mass is 10.2. The lowest BCUT2D eigenvalue weighted by Crippen LogP contribution is -2.13. The number of carboxylic acids is 1. The minimum absolute atomic E-state index is 0.0448. The molecular formula is C13H7Cl3N2O3. The molecule has 2 rings (SSSR count). The molecule has 1 amide bonds. The van der Waals surface area contributed by atoms with Crippen LogP contribution in [-0.4, -0.2) is 22.0 Å². The van der Waals surface area contributed by atoms with Crippen LogP contribution in [0.15, 0.2) is 30.5 Å². The van der Waals surface area contributed by atoms with Crippen LogP contribution >= 0.6 is 34.8 Å². The number of benzene rings is 1. The van der Waals surface area contributed by atoms with Crippen molar-refractivity contribution in [2.75, 3.05) is 5.32 Å². The number of halogens is 3. The number of amides is 1. The Balaban J connectivity index is 2.31. The van der Waals surface area contributed by atoms with Gasteiger partial charge in [-0.05, 0) is 24.3 Å². The minimum Gasteiger partial charge on any atom is -0.478 e. The summed E-state index contributed by atoms with van der Waals surface area (Å²) < 4.78 is 0. The Kier molecular flexibility index (Phi) is 4.67. The molecule has 108 valence electrons. The first kappa shape index (κ1) is 15.6. The Labute approximate surface area is 134 Å². The van der Waals surface area contributed by atoms with E-state index in [1.54, 1.807) is 0 Å². The molecule has 0 radical (unpaired) electrons. The van der Waals surface area contributed by atoms with Crippen LogP contribution < -0.4 is 5.32 Å². The molecule has 0 aliphatic heterocycles. The molecule has 1 heterocycles. The van der Waals surface area contributed by atoms with E-state index in [0.717, 1.165) is 0 Å². The number of nitrogens with zero attached hydrogens (tertiary/aromatic N) is 1. The van der Waals surface area contributed by atoms with Crippen molar-refractivity contribution in [1.29, 1.82) is 0 Å². The first-order valence-electron chi connectivity index (χ1n) is 5.53. The topological polar surface area (TPSA) is 79.3 Å². The second-order valence-electron chi connectivity index (χ2n) is 3.97. The molecule has 2 aromatic rings. The fourth-order valence-electron chi connectivity index (χ4n) is 1.57. The third kappa shape index (κ3) is 3.85. The number of aromatic nitrogens is 1. The van der Waals surface area contributed by atoms with Gasteiger partial charge in [-0.1, -0.05) is 34.8 Å². The fraction of sp³-hybridized carbons (Fsp3) is 0. The number of anilines is 1. The van der Waals surface area contributed by atoms with Crippen LogP contribution in [0.25, 0.3) is 0 Å². The third-order valence-electron chi connectivity index (χ3n) is 2.47. The van der Waals surface area contributed by atoms with Crippen molar-refractivity contribution >= 4 is 52.4 Å². The van der Waals surface area contributed by atoms with Crippen LogP contribution in [0.2, 0.25) is 15.2 Å². The summed E-state index contributed by atoms with van der Waals surface area (Å²) in [4.78, 5) is 26.8. The van der Waals surface area contributed by atoms with Crippen LogP contribution in [0.3, 0.4) is 0 Å². The summed E-state index contributed by atoms with van der Waals surface area (Å²) in [5.74, 6) is -1.71. The second-order valence-corrected chi connectivity index (χ2v) is 5.21. The van der Waals surface area contributed by atoms with E-state index in [-0.39, 0.29) is 32.0 Å². The van der Waals surface area contributed by atoms with Gasteiger partial charge in [-0.2, -0.15) is 0 Å². The summed E-state index contributed by atoms with van der Waals surface area (Å²) >= 11 is 17.4. The Morgan fingerprint density at radius 1 is 1.10 bits per heavy atom. The highest BCUT2D eigenvalue weighted by Crippen LogP contribution is 2.22. The number of hydrogen-bond donors (Lipinski definition) is 2. The number of carboxylic acid groups (broad SMARTS) is 1. The first-order chi connectivity index (χ1) is 9.86. The van der Waals surface area contributed by atoms with E-state index >= 15 is 0 Å². The Morgan fingerprint density at radius 2 is 1.81 bits per heavy atom. The number of hydrogen-bond acceptors (Lipinski definition) is 3. The van der Waals surface area contributed by atoms with Crippen molar-refractivity contribution in [3.63, 3.8) is 0 Å². The highest BCUT2D eigenvalue weighted by atomic mass is 35.5. The van der Waals surface area contributed by atoms with E-state index in [9.17, 15) is 9.59 Å². The summed E-state index contributed by atoms with van der Waals surface area (Å²) in [5.41, 5.74) is 0.305. The van der Waals surface area contributed by atoms with Crippen molar-refractivity contribution < 1.29 is 14.7 Å². The van der Waals surface area contributed by atoms with Crippen LogP contribution in [-0.2, 0) is 0 Å². The van der Waals surface area contributed by atoms with Crippen molar-refractivity contribution in [3.05, 3.63) is 56.8 Å². The quantitative estimate of drug-likeness (QED) is 0.824. The van der Waals surface area contributed by atoms with Gasteiger partial charge in [0.25, 0.3) is 5.91 Å². The zero-order valence-corrected chi connectivity index (χ0v) is 12.5. The normalized spacial score (nSPS) is 10.2. The summed E-state index contributed by atoms with van der Waals surface area (Å²) in [6.07, 6.45) is 1.25. The van der Waals surface area contributed by atoms with Crippen LogP contribution in [0.1, 0.15) is 20.7 Å². The van der Waals surface area contributed by atoms with Gasteiger partial charge in [0.15, 0.2) is 0 Å². The number of nitrogens with one attached hydrogen (secondary N) is 1. The predicted octanol–water partition coefficient (Wildman–Crippen LogP) is 3.99. The zero-order valence-electron chi connectivity index (χ0n) is 10.2. The standard InChI is InChI=1S/C13H7Cl3N2O3/c14-7-1-6(13(20)21)2-8(3-7)18-12(19)9-4-11(16)17-5-10(9)15/h1-5H,(H,18,19)(H,20,21). The molecule has 0 aliphatic rings. The maximum absolute atomic E-state index is 12.1. The maximum Gasteiger partial charge on any atom is 0.335 e. The molecule has 0 unspecified atom stereocenters. The molecule has 2 N–H and O–H groups in total. The number of rotatable bonds is 3. The van der Waals surface area contributed by atoms with E-state index in [4.69, 9.17) is 39.9 Å². The Hall–Kier alpha value is -1.82. The molecule has 5 nitrogen and oxygen atoms in total. The molecule has 0 atom stereocenters. The monoisotopic (exact) mass is 344 g/mol. The van der Waals surface area contributed by atoms with E-state index in [1.165, 1.54) is 30.5 Å². The van der Waals surface area contributed by atoms with Gasteiger partial charge in [-0.25, -0.2) is 9.78 Å². The summed E-state index contributed by atoms with van der Waals surface area (Å²) in [6.45, 7) is 0. The van der Waals surface area contributed by atoms with Crippen molar-refractivity contribution in [2.24, 2.45) is 0 Å². The van der Waals surface area contributed by atoms with Crippen molar-refractivity contribution in [3.8, 4) is 0 Å². The molecule has 0 bridgehead atoms. The molecule has 1 aromatic carbocycles. The smallest absolute Gasteiger partial charge is 0.335 e. The van der Waals surface area contributed by atoms with Gasteiger partial charge in [-0.3, -0.25) is 4.79 Å². The van der Waals surface area contributed by atoms with Crippen LogP contribution in [0.4, 0.5) is 5.69 Å². The zero-order chi connectivity index (χ0) is 15.6. The van der Waals surface area contributed by atoms with E-state index < -0.39 is 11.9 Å².